The monoisotopic (exact) mass is 259 g/mol. The van der Waals surface area contributed by atoms with Gasteiger partial charge < -0.3 is 10.0 Å². The van der Waals surface area contributed by atoms with Crippen molar-refractivity contribution in [1.29, 1.82) is 0 Å². The Morgan fingerprint density at radius 2 is 2.32 bits per heavy atom. The van der Waals surface area contributed by atoms with Crippen LogP contribution >= 0.6 is 0 Å². The van der Waals surface area contributed by atoms with E-state index in [9.17, 15) is 9.90 Å². The maximum atomic E-state index is 12.3. The first-order valence-electron chi connectivity index (χ1n) is 6.22. The van der Waals surface area contributed by atoms with Gasteiger partial charge in [0.1, 0.15) is 5.75 Å². The Morgan fingerprint density at radius 3 is 2.89 bits per heavy atom. The Morgan fingerprint density at radius 1 is 1.53 bits per heavy atom. The molecule has 0 bridgehead atoms. The van der Waals surface area contributed by atoms with E-state index in [0.717, 1.165) is 5.56 Å². The van der Waals surface area contributed by atoms with Crippen molar-refractivity contribution < 1.29 is 9.90 Å². The zero-order valence-corrected chi connectivity index (χ0v) is 11.0. The first kappa shape index (κ1) is 13.1. The van der Waals surface area contributed by atoms with Crippen LogP contribution in [0.5, 0.6) is 5.75 Å². The van der Waals surface area contributed by atoms with E-state index >= 15 is 0 Å². The van der Waals surface area contributed by atoms with Crippen LogP contribution in [0, 0.1) is 0 Å². The van der Waals surface area contributed by atoms with Crippen molar-refractivity contribution in [2.45, 2.75) is 19.9 Å². The van der Waals surface area contributed by atoms with Crippen molar-refractivity contribution >= 4 is 5.91 Å². The van der Waals surface area contributed by atoms with Gasteiger partial charge in [0, 0.05) is 12.7 Å². The second-order valence-electron chi connectivity index (χ2n) is 4.35. The standard InChI is InChI=1S/C14H17N3O2/c1-3-17(14(19)12-8-15-16-9-12)10(2)11-5-4-6-13(18)7-11/h4-10,18H,3H2,1-2H3,(H,15,16). The van der Waals surface area contributed by atoms with E-state index in [0.29, 0.717) is 12.1 Å². The highest BCUT2D eigenvalue weighted by Gasteiger charge is 2.22. The van der Waals surface area contributed by atoms with E-state index < -0.39 is 0 Å². The smallest absolute Gasteiger partial charge is 0.257 e. The van der Waals surface area contributed by atoms with Gasteiger partial charge in [-0.05, 0) is 31.5 Å². The number of phenols is 1. The fourth-order valence-electron chi connectivity index (χ4n) is 2.09. The van der Waals surface area contributed by atoms with Crippen LogP contribution in [0.25, 0.3) is 0 Å². The topological polar surface area (TPSA) is 69.2 Å². The molecular formula is C14H17N3O2. The molecule has 2 N–H and O–H groups in total. The zero-order chi connectivity index (χ0) is 13.8. The summed E-state index contributed by atoms with van der Waals surface area (Å²) in [6, 6.07) is 6.85. The number of amides is 1. The van der Waals surface area contributed by atoms with Gasteiger partial charge in [-0.2, -0.15) is 5.10 Å². The highest BCUT2D eigenvalue weighted by molar-refractivity contribution is 5.93. The third-order valence-electron chi connectivity index (χ3n) is 3.17. The lowest BCUT2D eigenvalue weighted by atomic mass is 10.1. The predicted molar refractivity (Wildman–Crippen MR) is 71.8 cm³/mol. The Kier molecular flexibility index (Phi) is 3.85. The molecule has 0 spiro atoms. The minimum absolute atomic E-state index is 0.0768. The molecule has 0 aliphatic rings. The lowest BCUT2D eigenvalue weighted by Gasteiger charge is -2.28. The average molecular weight is 259 g/mol. The number of benzene rings is 1. The molecule has 0 saturated carbocycles. The number of phenolic OH excluding ortho intramolecular Hbond substituents is 1. The van der Waals surface area contributed by atoms with Crippen molar-refractivity contribution in [2.24, 2.45) is 0 Å². The lowest BCUT2D eigenvalue weighted by molar-refractivity contribution is 0.0702. The number of nitrogens with one attached hydrogen (secondary N) is 1. The van der Waals surface area contributed by atoms with Gasteiger partial charge in [-0.15, -0.1) is 0 Å². The molecule has 1 atom stereocenters. The number of nitrogens with zero attached hydrogens (tertiary/aromatic N) is 2. The van der Waals surface area contributed by atoms with Gasteiger partial charge >= 0.3 is 0 Å². The van der Waals surface area contributed by atoms with Gasteiger partial charge in [0.05, 0.1) is 17.8 Å². The van der Waals surface area contributed by atoms with Crippen LogP contribution in [0.4, 0.5) is 0 Å². The lowest BCUT2D eigenvalue weighted by Crippen LogP contribution is -2.33. The molecule has 19 heavy (non-hydrogen) atoms. The Balaban J connectivity index is 2.24. The average Bonchev–Trinajstić information content (AvgIpc) is 2.93. The molecule has 5 nitrogen and oxygen atoms in total. The first-order valence-corrected chi connectivity index (χ1v) is 6.22. The van der Waals surface area contributed by atoms with Gasteiger partial charge in [0.2, 0.25) is 0 Å². The third-order valence-corrected chi connectivity index (χ3v) is 3.17. The number of H-pyrrole nitrogens is 1. The minimum atomic E-state index is -0.112. The second kappa shape index (κ2) is 5.56. The molecule has 0 saturated heterocycles. The summed E-state index contributed by atoms with van der Waals surface area (Å²) in [6.45, 7) is 4.45. The maximum Gasteiger partial charge on any atom is 0.257 e. The van der Waals surface area contributed by atoms with Gasteiger partial charge in [-0.3, -0.25) is 9.89 Å². The van der Waals surface area contributed by atoms with Crippen LogP contribution in [-0.2, 0) is 0 Å². The summed E-state index contributed by atoms with van der Waals surface area (Å²) in [7, 11) is 0. The van der Waals surface area contributed by atoms with Gasteiger partial charge in [0.15, 0.2) is 0 Å². The molecule has 0 fully saturated rings. The first-order chi connectivity index (χ1) is 9.13. The Labute approximate surface area is 111 Å². The van der Waals surface area contributed by atoms with Crippen molar-refractivity contribution in [3.05, 3.63) is 47.8 Å². The third kappa shape index (κ3) is 2.76. The van der Waals surface area contributed by atoms with E-state index in [-0.39, 0.29) is 17.7 Å². The zero-order valence-electron chi connectivity index (χ0n) is 11.0. The summed E-state index contributed by atoms with van der Waals surface area (Å²) in [4.78, 5) is 14.1. The molecular weight excluding hydrogens is 242 g/mol. The molecule has 0 radical (unpaired) electrons. The Bertz CT molecular complexity index is 552. The number of carbonyl (C=O) groups is 1. The van der Waals surface area contributed by atoms with E-state index in [2.05, 4.69) is 10.2 Å². The maximum absolute atomic E-state index is 12.3. The summed E-state index contributed by atoms with van der Waals surface area (Å²) in [6.07, 6.45) is 3.10. The van der Waals surface area contributed by atoms with E-state index in [1.165, 1.54) is 6.20 Å². The van der Waals surface area contributed by atoms with Gasteiger partial charge in [-0.1, -0.05) is 12.1 Å². The van der Waals surface area contributed by atoms with Crippen LogP contribution < -0.4 is 0 Å². The van der Waals surface area contributed by atoms with Crippen molar-refractivity contribution in [2.75, 3.05) is 6.54 Å². The fraction of sp³-hybridized carbons (Fsp3) is 0.286. The number of hydrogen-bond donors (Lipinski definition) is 2. The van der Waals surface area contributed by atoms with Crippen LogP contribution in [0.15, 0.2) is 36.7 Å². The van der Waals surface area contributed by atoms with Crippen LogP contribution in [0.3, 0.4) is 0 Å². The molecule has 0 aliphatic carbocycles. The summed E-state index contributed by atoms with van der Waals surface area (Å²) in [5.41, 5.74) is 1.44. The molecule has 0 aliphatic heterocycles. The minimum Gasteiger partial charge on any atom is -0.508 e. The highest BCUT2D eigenvalue weighted by Crippen LogP contribution is 2.24. The molecule has 2 aromatic rings. The molecule has 1 heterocycles. The number of rotatable bonds is 4. The largest absolute Gasteiger partial charge is 0.508 e. The normalized spacial score (nSPS) is 12.1. The van der Waals surface area contributed by atoms with E-state index in [1.807, 2.05) is 19.9 Å². The predicted octanol–water partition coefficient (Wildman–Crippen LogP) is 2.34. The highest BCUT2D eigenvalue weighted by atomic mass is 16.3. The van der Waals surface area contributed by atoms with Crippen LogP contribution in [0.1, 0.15) is 35.8 Å². The van der Waals surface area contributed by atoms with Crippen molar-refractivity contribution in [1.82, 2.24) is 15.1 Å². The van der Waals surface area contributed by atoms with Gasteiger partial charge in [-0.25, -0.2) is 0 Å². The van der Waals surface area contributed by atoms with Crippen LogP contribution in [-0.4, -0.2) is 32.7 Å². The van der Waals surface area contributed by atoms with Gasteiger partial charge in [0.25, 0.3) is 5.91 Å². The number of aromatic hydroxyl groups is 1. The number of aromatic amines is 1. The second-order valence-corrected chi connectivity index (χ2v) is 4.35. The summed E-state index contributed by atoms with van der Waals surface area (Å²) < 4.78 is 0. The number of hydrogen-bond acceptors (Lipinski definition) is 3. The van der Waals surface area contributed by atoms with Crippen molar-refractivity contribution in [3.8, 4) is 5.75 Å². The summed E-state index contributed by atoms with van der Waals surface area (Å²) >= 11 is 0. The summed E-state index contributed by atoms with van der Waals surface area (Å²) in [5.74, 6) is 0.128. The van der Waals surface area contributed by atoms with E-state index in [1.54, 1.807) is 29.3 Å². The fourth-order valence-corrected chi connectivity index (χ4v) is 2.09. The Hall–Kier alpha value is -2.30. The molecule has 5 heteroatoms. The molecule has 2 rings (SSSR count). The molecule has 1 amide bonds. The molecule has 100 valence electrons. The SMILES string of the molecule is CCN(C(=O)c1cn[nH]c1)C(C)c1cccc(O)c1. The number of carbonyl (C=O) groups excluding carboxylic acids is 1. The number of aromatic nitrogens is 2. The van der Waals surface area contributed by atoms with Crippen LogP contribution in [0.2, 0.25) is 0 Å². The quantitative estimate of drug-likeness (QED) is 0.885. The molecule has 1 unspecified atom stereocenters. The van der Waals surface area contributed by atoms with E-state index in [4.69, 9.17) is 0 Å². The van der Waals surface area contributed by atoms with Crippen molar-refractivity contribution in [3.63, 3.8) is 0 Å². The molecule has 1 aromatic heterocycles. The molecule has 1 aromatic carbocycles. The summed E-state index contributed by atoms with van der Waals surface area (Å²) in [5, 5.41) is 16.0.